The molecule has 0 aromatic heterocycles. The number of nitrogens with two attached hydrogens (primary N) is 1. The van der Waals surface area contributed by atoms with E-state index < -0.39 is 66.4 Å². The molecule has 0 aliphatic carbocycles. The lowest BCUT2D eigenvalue weighted by molar-refractivity contribution is -0.117. The first kappa shape index (κ1) is 25.2. The Morgan fingerprint density at radius 1 is 1.16 bits per heavy atom. The maximum atomic E-state index is 11.8. The molecule has 0 radical (unpaired) electrons. The Morgan fingerprint density at radius 3 is 2.44 bits per heavy atom. The van der Waals surface area contributed by atoms with Crippen LogP contribution in [0.3, 0.4) is 0 Å². The molecule has 1 amide bonds. The summed E-state index contributed by atoms with van der Waals surface area (Å²) in [5, 5.41) is 20.4. The summed E-state index contributed by atoms with van der Waals surface area (Å²) in [6.45, 7) is -0.984. The second kappa shape index (κ2) is 8.73. The molecule has 3 heterocycles. The van der Waals surface area contributed by atoms with Gasteiger partial charge in [-0.25, -0.2) is 13.7 Å². The highest BCUT2D eigenvalue weighted by Crippen LogP contribution is 2.61. The number of phosphoric ester groups is 1. The summed E-state index contributed by atoms with van der Waals surface area (Å²) in [5.41, 5.74) is 5.43. The van der Waals surface area contributed by atoms with Crippen molar-refractivity contribution in [1.29, 1.82) is 0 Å². The Labute approximate surface area is 177 Å². The zero-order valence-electron chi connectivity index (χ0n) is 15.4. The van der Waals surface area contributed by atoms with E-state index in [0.29, 0.717) is 0 Å². The highest BCUT2D eigenvalue weighted by molar-refractivity contribution is 7.70. The number of aliphatic hydroxyl groups is 2. The van der Waals surface area contributed by atoms with E-state index >= 15 is 0 Å². The molecule has 0 aromatic rings. The molecule has 0 spiro atoms. The number of carbonyl (C=O) groups is 1. The van der Waals surface area contributed by atoms with Gasteiger partial charge >= 0.3 is 23.3 Å². The molecule has 3 aliphatic rings. The number of guanidine groups is 1. The molecule has 3 aliphatic heterocycles. The van der Waals surface area contributed by atoms with Gasteiger partial charge in [-0.3, -0.25) is 19.2 Å². The summed E-state index contributed by atoms with van der Waals surface area (Å²) < 4.78 is 47.6. The molecule has 180 valence electrons. The van der Waals surface area contributed by atoms with E-state index in [1.165, 1.54) is 0 Å². The smallest absolute Gasteiger partial charge is 0.387 e. The van der Waals surface area contributed by atoms with Gasteiger partial charge < -0.3 is 40.3 Å². The van der Waals surface area contributed by atoms with Crippen LogP contribution in [0.5, 0.6) is 0 Å². The predicted molar refractivity (Wildman–Crippen MR) is 101 cm³/mol. The van der Waals surface area contributed by atoms with E-state index in [9.17, 15) is 38.5 Å². The van der Waals surface area contributed by atoms with Gasteiger partial charge in [-0.2, -0.15) is 14.3 Å². The second-order valence-electron chi connectivity index (χ2n) is 6.41. The van der Waals surface area contributed by atoms with Crippen molar-refractivity contribution in [3.05, 3.63) is 0 Å². The molecule has 32 heavy (non-hydrogen) atoms. The minimum Gasteiger partial charge on any atom is -0.387 e. The van der Waals surface area contributed by atoms with E-state index in [2.05, 4.69) is 23.8 Å². The van der Waals surface area contributed by atoms with Crippen LogP contribution in [0.15, 0.2) is 15.0 Å². The number of aliphatic imine (C=N–C) groups is 3. The Hall–Kier alpha value is -1.43. The van der Waals surface area contributed by atoms with Crippen LogP contribution in [0, 0.1) is 0 Å². The largest absolute Gasteiger partial charge is 0.480 e. The van der Waals surface area contributed by atoms with Crippen LogP contribution in [0.4, 0.5) is 0 Å². The first-order chi connectivity index (χ1) is 14.6. The summed E-state index contributed by atoms with van der Waals surface area (Å²) in [4.78, 5) is 60.8. The maximum absolute atomic E-state index is 11.8. The number of aliphatic hydroxyl groups excluding tert-OH is 2. The topological polar surface area (TPSA) is 296 Å². The molecular formula is C10H17N6O13P3. The SMILES string of the molecule is NC1=NC(=O)C2N=CN([C@@H]3O[C@H](COP(=O)(O)OP(=O)(O)NP(=O)(O)O)[C@@H](O)[C@H]3O)C2=N1. The number of ether oxygens (including phenoxy) is 1. The summed E-state index contributed by atoms with van der Waals surface area (Å²) in [6, 6.07) is -1.14. The fourth-order valence-electron chi connectivity index (χ4n) is 2.82. The molecule has 9 N–H and O–H groups in total. The number of amidine groups is 1. The number of nitrogens with zero attached hydrogens (tertiary/aromatic N) is 4. The van der Waals surface area contributed by atoms with Crippen LogP contribution in [0.2, 0.25) is 0 Å². The second-order valence-corrected chi connectivity index (χ2v) is 11.2. The quantitative estimate of drug-likeness (QED) is 0.142. The van der Waals surface area contributed by atoms with Crippen molar-refractivity contribution in [3.8, 4) is 0 Å². The van der Waals surface area contributed by atoms with Gasteiger partial charge in [-0.15, -0.1) is 4.86 Å². The zero-order valence-corrected chi connectivity index (χ0v) is 18.1. The van der Waals surface area contributed by atoms with Crippen LogP contribution in [0.1, 0.15) is 0 Å². The fourth-order valence-corrected chi connectivity index (χ4v) is 6.26. The van der Waals surface area contributed by atoms with Crippen molar-refractivity contribution in [1.82, 2.24) is 9.76 Å². The summed E-state index contributed by atoms with van der Waals surface area (Å²) >= 11 is 0. The van der Waals surface area contributed by atoms with E-state index in [-0.39, 0.29) is 11.8 Å². The van der Waals surface area contributed by atoms with Crippen molar-refractivity contribution in [3.63, 3.8) is 0 Å². The van der Waals surface area contributed by atoms with Crippen molar-refractivity contribution in [2.75, 3.05) is 6.61 Å². The summed E-state index contributed by atoms with van der Waals surface area (Å²) in [5.74, 6) is -1.16. The van der Waals surface area contributed by atoms with Crippen LogP contribution in [-0.2, 0) is 32.1 Å². The number of amides is 1. The predicted octanol–water partition coefficient (Wildman–Crippen LogP) is -3.68. The van der Waals surface area contributed by atoms with Gasteiger partial charge in [0.2, 0.25) is 5.96 Å². The molecule has 0 bridgehead atoms. The number of rotatable bonds is 8. The van der Waals surface area contributed by atoms with Gasteiger partial charge in [0.25, 0.3) is 5.91 Å². The number of nitrogens with one attached hydrogen (secondary N) is 1. The van der Waals surface area contributed by atoms with E-state index in [0.717, 1.165) is 16.1 Å². The van der Waals surface area contributed by atoms with Gasteiger partial charge in [0.1, 0.15) is 18.3 Å². The van der Waals surface area contributed by atoms with Crippen molar-refractivity contribution < 1.29 is 61.8 Å². The Kier molecular flexibility index (Phi) is 6.88. The van der Waals surface area contributed by atoms with Gasteiger partial charge in [0.15, 0.2) is 18.1 Å². The minimum absolute atomic E-state index is 0.0544. The number of phosphoric acid groups is 1. The third-order valence-corrected chi connectivity index (χ3v) is 8.26. The minimum atomic E-state index is -5.48. The molecule has 0 saturated carbocycles. The van der Waals surface area contributed by atoms with E-state index in [1.54, 1.807) is 0 Å². The van der Waals surface area contributed by atoms with Crippen LogP contribution in [0.25, 0.3) is 0 Å². The van der Waals surface area contributed by atoms with Crippen molar-refractivity contribution >= 4 is 47.4 Å². The van der Waals surface area contributed by atoms with E-state index in [4.69, 9.17) is 20.3 Å². The highest BCUT2D eigenvalue weighted by Gasteiger charge is 2.50. The van der Waals surface area contributed by atoms with Crippen LogP contribution in [-0.4, -0.2) is 95.9 Å². The van der Waals surface area contributed by atoms with Gasteiger partial charge in [-0.1, -0.05) is 0 Å². The number of hydrogen-bond acceptors (Lipinski definition) is 13. The fraction of sp³-hybridized carbons (Fsp3) is 0.600. The molecule has 3 unspecified atom stereocenters. The number of carbonyl (C=O) groups excluding carboxylic acids is 1. The molecule has 3 rings (SSSR count). The Bertz CT molecular complexity index is 1030. The molecule has 1 fully saturated rings. The Balaban J connectivity index is 1.65. The normalized spacial score (nSPS) is 34.0. The average Bonchev–Trinajstić information content (AvgIpc) is 3.12. The third kappa shape index (κ3) is 5.73. The molecule has 19 nitrogen and oxygen atoms in total. The van der Waals surface area contributed by atoms with Crippen molar-refractivity contribution in [2.45, 2.75) is 30.6 Å². The van der Waals surface area contributed by atoms with Crippen LogP contribution < -0.4 is 10.6 Å². The zero-order chi connectivity index (χ0) is 24.1. The van der Waals surface area contributed by atoms with Gasteiger partial charge in [0.05, 0.1) is 12.9 Å². The summed E-state index contributed by atoms with van der Waals surface area (Å²) in [7, 11) is -16.2. The number of fused-ring (bicyclic) bond motifs is 1. The molecule has 0 aromatic carbocycles. The maximum Gasteiger partial charge on any atom is 0.480 e. The van der Waals surface area contributed by atoms with Gasteiger partial charge in [-0.05, 0) is 0 Å². The molecule has 7 atom stereocenters. The monoisotopic (exact) mass is 522 g/mol. The van der Waals surface area contributed by atoms with Crippen LogP contribution >= 0.6 is 23.3 Å². The Morgan fingerprint density at radius 2 is 1.81 bits per heavy atom. The average molecular weight is 522 g/mol. The third-order valence-electron chi connectivity index (χ3n) is 4.02. The standard InChI is InChI=1S/C10H17N6O13P3/c11-10-13-7-4(8(19)14-10)12-2-16(7)9-6(18)5(17)3(28-9)1-27-32(25,26)29-31(23,24)15-30(20,21)22/h2-6,9,17-18H,1H2,(H,25,26)(H2,11,14,19)(H4,15,20,21,22,23,24)/t3-,4?,5-,6-,9-/m1/s1. The first-order valence-corrected chi connectivity index (χ1v) is 12.9. The number of hydrogen-bond donors (Lipinski definition) is 8. The lowest BCUT2D eigenvalue weighted by Crippen LogP contribution is -2.49. The van der Waals surface area contributed by atoms with Gasteiger partial charge in [0, 0.05) is 0 Å². The molecule has 22 heteroatoms. The first-order valence-electron chi connectivity index (χ1n) is 8.25. The highest BCUT2D eigenvalue weighted by atomic mass is 31.3. The lowest BCUT2D eigenvalue weighted by Gasteiger charge is -2.27. The van der Waals surface area contributed by atoms with Crippen molar-refractivity contribution in [2.24, 2.45) is 20.7 Å². The summed E-state index contributed by atoms with van der Waals surface area (Å²) in [6.07, 6.45) is -5.23. The molecule has 1 saturated heterocycles. The molecular weight excluding hydrogens is 505 g/mol. The lowest BCUT2D eigenvalue weighted by atomic mass is 10.1. The van der Waals surface area contributed by atoms with E-state index in [1.807, 2.05) is 0 Å².